The lowest BCUT2D eigenvalue weighted by atomic mass is 10.1. The zero-order valence-corrected chi connectivity index (χ0v) is 13.0. The van der Waals surface area contributed by atoms with Gasteiger partial charge < -0.3 is 0 Å². The molecule has 0 saturated heterocycles. The van der Waals surface area contributed by atoms with E-state index < -0.39 is 17.3 Å². The number of halogens is 3. The summed E-state index contributed by atoms with van der Waals surface area (Å²) in [5, 5.41) is 8.87. The zero-order chi connectivity index (χ0) is 16.8. The summed E-state index contributed by atoms with van der Waals surface area (Å²) in [6.45, 7) is 0. The molecule has 23 heavy (non-hydrogen) atoms. The van der Waals surface area contributed by atoms with E-state index in [2.05, 4.69) is 0 Å². The molecule has 0 spiro atoms. The number of benzene rings is 2. The van der Waals surface area contributed by atoms with Gasteiger partial charge in [-0.15, -0.1) is 0 Å². The molecule has 0 bridgehead atoms. The second kappa shape index (κ2) is 5.41. The second-order valence-corrected chi connectivity index (χ2v) is 5.60. The number of anilines is 1. The zero-order valence-electron chi connectivity index (χ0n) is 11.4. The molecular weight excluding hydrogens is 341 g/mol. The highest BCUT2D eigenvalue weighted by molar-refractivity contribution is 7.83. The first-order valence-electron chi connectivity index (χ1n) is 6.44. The molecule has 0 atom stereocenters. The van der Waals surface area contributed by atoms with Gasteiger partial charge in [-0.05, 0) is 18.2 Å². The summed E-state index contributed by atoms with van der Waals surface area (Å²) < 4.78 is 39.4. The molecule has 0 aliphatic carbocycles. The van der Waals surface area contributed by atoms with Gasteiger partial charge in [-0.25, -0.2) is 0 Å². The Bertz CT molecular complexity index is 847. The van der Waals surface area contributed by atoms with Crippen molar-refractivity contribution < 1.29 is 13.2 Å². The van der Waals surface area contributed by atoms with Gasteiger partial charge in [-0.2, -0.15) is 18.4 Å². The monoisotopic (exact) mass is 348 g/mol. The first-order chi connectivity index (χ1) is 10.8. The van der Waals surface area contributed by atoms with Gasteiger partial charge in [0.2, 0.25) is 0 Å². The van der Waals surface area contributed by atoms with Crippen LogP contribution >= 0.6 is 24.4 Å². The molecule has 2 nitrogen and oxygen atoms in total. The van der Waals surface area contributed by atoms with Crippen molar-refractivity contribution in [3.05, 3.63) is 64.7 Å². The van der Waals surface area contributed by atoms with Crippen LogP contribution < -0.4 is 4.90 Å². The van der Waals surface area contributed by atoms with E-state index in [1.165, 1.54) is 11.0 Å². The van der Waals surface area contributed by atoms with E-state index in [4.69, 9.17) is 29.7 Å². The predicted octanol–water partition coefficient (Wildman–Crippen LogP) is 4.45. The van der Waals surface area contributed by atoms with Crippen LogP contribution in [0.25, 0.3) is 0 Å². The Morgan fingerprint density at radius 3 is 2.00 bits per heavy atom. The highest BCUT2D eigenvalue weighted by Crippen LogP contribution is 2.36. The summed E-state index contributed by atoms with van der Waals surface area (Å²) in [6.07, 6.45) is -4.63. The number of thiocarbonyl (C=S) groups is 2. The van der Waals surface area contributed by atoms with Crippen molar-refractivity contribution >= 4 is 40.1 Å². The number of nitriles is 1. The fourth-order valence-electron chi connectivity index (χ4n) is 2.43. The number of nitrogens with zero attached hydrogens (tertiary/aromatic N) is 2. The maximum Gasteiger partial charge on any atom is 0.417 e. The average molecular weight is 348 g/mol. The third-order valence-electron chi connectivity index (χ3n) is 3.48. The van der Waals surface area contributed by atoms with Crippen molar-refractivity contribution in [3.8, 4) is 6.07 Å². The number of hydrogen-bond acceptors (Lipinski definition) is 3. The molecule has 0 fully saturated rings. The molecule has 1 heterocycles. The van der Waals surface area contributed by atoms with Crippen LogP contribution in [-0.4, -0.2) is 9.98 Å². The van der Waals surface area contributed by atoms with E-state index in [1.54, 1.807) is 30.3 Å². The fraction of sp³-hybridized carbons (Fsp3) is 0.0625. The topological polar surface area (TPSA) is 27.0 Å². The van der Waals surface area contributed by atoms with Gasteiger partial charge in [0.1, 0.15) is 9.98 Å². The number of fused-ring (bicyclic) bond motifs is 1. The fourth-order valence-corrected chi connectivity index (χ4v) is 3.23. The van der Waals surface area contributed by atoms with Crippen LogP contribution in [0.4, 0.5) is 18.9 Å². The number of rotatable bonds is 1. The van der Waals surface area contributed by atoms with Crippen LogP contribution in [0.3, 0.4) is 0 Å². The van der Waals surface area contributed by atoms with Gasteiger partial charge in [-0.1, -0.05) is 48.7 Å². The summed E-state index contributed by atoms with van der Waals surface area (Å²) >= 11 is 10.7. The second-order valence-electron chi connectivity index (χ2n) is 4.83. The van der Waals surface area contributed by atoms with Crippen LogP contribution in [0.5, 0.6) is 0 Å². The molecule has 114 valence electrons. The highest BCUT2D eigenvalue weighted by Gasteiger charge is 2.36. The maximum absolute atomic E-state index is 13.1. The lowest BCUT2D eigenvalue weighted by molar-refractivity contribution is -0.137. The molecule has 2 aromatic carbocycles. The summed E-state index contributed by atoms with van der Waals surface area (Å²) in [4.78, 5) is 2.12. The molecule has 0 saturated carbocycles. The van der Waals surface area contributed by atoms with Crippen LogP contribution in [0, 0.1) is 11.3 Å². The van der Waals surface area contributed by atoms with E-state index in [0.29, 0.717) is 21.1 Å². The molecule has 2 aromatic rings. The Hall–Kier alpha value is -2.30. The molecule has 7 heteroatoms. The van der Waals surface area contributed by atoms with Gasteiger partial charge in [0.15, 0.2) is 0 Å². The predicted molar refractivity (Wildman–Crippen MR) is 88.5 cm³/mol. The van der Waals surface area contributed by atoms with Crippen molar-refractivity contribution in [2.45, 2.75) is 6.18 Å². The minimum atomic E-state index is -4.63. The Kier molecular flexibility index (Phi) is 3.66. The molecule has 0 amide bonds. The molecule has 1 aliphatic rings. The first kappa shape index (κ1) is 15.6. The molecular formula is C16H7F3N2S2. The van der Waals surface area contributed by atoms with Crippen molar-refractivity contribution in [3.63, 3.8) is 0 Å². The van der Waals surface area contributed by atoms with Gasteiger partial charge in [0.05, 0.1) is 17.2 Å². The van der Waals surface area contributed by atoms with Gasteiger partial charge in [-0.3, -0.25) is 4.90 Å². The largest absolute Gasteiger partial charge is 0.417 e. The van der Waals surface area contributed by atoms with Crippen LogP contribution in [0.1, 0.15) is 22.3 Å². The third-order valence-corrected chi connectivity index (χ3v) is 4.29. The normalized spacial score (nSPS) is 13.9. The van der Waals surface area contributed by atoms with E-state index in [1.807, 2.05) is 0 Å². The summed E-state index contributed by atoms with van der Waals surface area (Å²) in [5.74, 6) is 0. The Morgan fingerprint density at radius 2 is 1.52 bits per heavy atom. The molecule has 0 N–H and O–H groups in total. The average Bonchev–Trinajstić information content (AvgIpc) is 2.78. The molecule has 0 radical (unpaired) electrons. The van der Waals surface area contributed by atoms with Gasteiger partial charge in [0, 0.05) is 16.8 Å². The lowest BCUT2D eigenvalue weighted by Crippen LogP contribution is -2.28. The van der Waals surface area contributed by atoms with Crippen LogP contribution in [0.15, 0.2) is 42.5 Å². The molecule has 1 aliphatic heterocycles. The first-order valence-corrected chi connectivity index (χ1v) is 7.25. The molecule has 0 unspecified atom stereocenters. The minimum absolute atomic E-state index is 0.197. The van der Waals surface area contributed by atoms with Crippen molar-refractivity contribution in [2.24, 2.45) is 0 Å². The Balaban J connectivity index is 2.13. The van der Waals surface area contributed by atoms with Crippen LogP contribution in [-0.2, 0) is 6.18 Å². The molecule has 3 rings (SSSR count). The standard InChI is InChI=1S/C16H7F3N2S2/c17-16(18,19)13-7-10(6-5-9(13)8-20)21-14(22)11-3-1-2-4-12(11)15(21)23/h1-7H. The smallest absolute Gasteiger partial charge is 0.291 e. The van der Waals surface area contributed by atoms with Crippen LogP contribution in [0.2, 0.25) is 0 Å². The van der Waals surface area contributed by atoms with E-state index in [-0.39, 0.29) is 5.69 Å². The number of alkyl halides is 3. The number of hydrogen-bond donors (Lipinski definition) is 0. The maximum atomic E-state index is 13.1. The van der Waals surface area contributed by atoms with Crippen molar-refractivity contribution in [1.29, 1.82) is 5.26 Å². The summed E-state index contributed by atoms with van der Waals surface area (Å²) in [6, 6.07) is 12.1. The van der Waals surface area contributed by atoms with Crippen molar-refractivity contribution in [1.82, 2.24) is 0 Å². The highest BCUT2D eigenvalue weighted by atomic mass is 32.1. The molecule has 0 aromatic heterocycles. The van der Waals surface area contributed by atoms with E-state index in [9.17, 15) is 13.2 Å². The van der Waals surface area contributed by atoms with Gasteiger partial charge >= 0.3 is 6.18 Å². The minimum Gasteiger partial charge on any atom is -0.291 e. The Morgan fingerprint density at radius 1 is 0.957 bits per heavy atom. The summed E-state index contributed by atoms with van der Waals surface area (Å²) in [5.41, 5.74) is 0.187. The lowest BCUT2D eigenvalue weighted by Gasteiger charge is -2.20. The quantitative estimate of drug-likeness (QED) is 0.712. The van der Waals surface area contributed by atoms with Crippen molar-refractivity contribution in [2.75, 3.05) is 4.90 Å². The third kappa shape index (κ3) is 2.50. The van der Waals surface area contributed by atoms with E-state index >= 15 is 0 Å². The van der Waals surface area contributed by atoms with E-state index in [0.717, 1.165) is 12.1 Å². The van der Waals surface area contributed by atoms with Gasteiger partial charge in [0.25, 0.3) is 0 Å². The summed E-state index contributed by atoms with van der Waals surface area (Å²) in [7, 11) is 0. The Labute approximate surface area is 140 Å². The SMILES string of the molecule is N#Cc1ccc(N2C(=S)c3ccccc3C2=S)cc1C(F)(F)F.